The highest BCUT2D eigenvalue weighted by Gasteiger charge is 2.21. The van der Waals surface area contributed by atoms with Gasteiger partial charge in [0.1, 0.15) is 11.4 Å². The number of carbonyl (C=O) groups is 2. The number of ketones is 1. The monoisotopic (exact) mass is 340 g/mol. The molecule has 0 atom stereocenters. The number of ether oxygens (including phenoxy) is 1. The summed E-state index contributed by atoms with van der Waals surface area (Å²) >= 11 is 0. The van der Waals surface area contributed by atoms with Crippen LogP contribution in [0.3, 0.4) is 0 Å². The first-order valence-corrected chi connectivity index (χ1v) is 7.97. The molecular weight excluding hydrogens is 323 g/mol. The van der Waals surface area contributed by atoms with E-state index in [-0.39, 0.29) is 23.9 Å². The Bertz CT molecular complexity index is 909. The number of esters is 1. The smallest absolute Gasteiger partial charge is 0.305 e. The van der Waals surface area contributed by atoms with Gasteiger partial charge in [-0.1, -0.05) is 18.2 Å². The van der Waals surface area contributed by atoms with Gasteiger partial charge in [0.2, 0.25) is 5.78 Å². The lowest BCUT2D eigenvalue weighted by atomic mass is 9.99. The molecule has 25 heavy (non-hydrogen) atoms. The number of halogens is 1. The molecule has 1 aromatic heterocycles. The molecule has 0 amide bonds. The highest BCUT2D eigenvalue weighted by Crippen LogP contribution is 2.29. The molecule has 0 aliphatic carbocycles. The molecule has 0 aliphatic heterocycles. The predicted molar refractivity (Wildman–Crippen MR) is 91.0 cm³/mol. The number of fused-ring (bicyclic) bond motifs is 1. The average Bonchev–Trinajstić information content (AvgIpc) is 3.00. The maximum absolute atomic E-state index is 13.1. The van der Waals surface area contributed by atoms with Gasteiger partial charge < -0.3 is 9.15 Å². The first-order chi connectivity index (χ1) is 12.1. The van der Waals surface area contributed by atoms with E-state index in [9.17, 15) is 14.0 Å². The van der Waals surface area contributed by atoms with Crippen molar-refractivity contribution in [2.24, 2.45) is 0 Å². The molecule has 0 saturated heterocycles. The lowest BCUT2D eigenvalue weighted by molar-refractivity contribution is -0.140. The fraction of sp³-hybridized carbons (Fsp3) is 0.200. The minimum atomic E-state index is -0.403. The minimum absolute atomic E-state index is 0.234. The average molecular weight is 340 g/mol. The van der Waals surface area contributed by atoms with Crippen molar-refractivity contribution in [1.82, 2.24) is 0 Å². The van der Waals surface area contributed by atoms with Crippen molar-refractivity contribution in [2.75, 3.05) is 7.11 Å². The molecule has 3 aromatic rings. The van der Waals surface area contributed by atoms with E-state index in [4.69, 9.17) is 4.42 Å². The number of rotatable bonds is 6. The lowest BCUT2D eigenvalue weighted by Gasteiger charge is -2.03. The Morgan fingerprint density at radius 2 is 1.80 bits per heavy atom. The molecule has 128 valence electrons. The molecule has 0 unspecified atom stereocenters. The normalized spacial score (nSPS) is 10.8. The molecule has 2 aromatic carbocycles. The Balaban J connectivity index is 1.95. The van der Waals surface area contributed by atoms with E-state index in [0.29, 0.717) is 24.0 Å². The molecule has 0 N–H and O–H groups in total. The molecule has 0 saturated carbocycles. The molecule has 1 heterocycles. The van der Waals surface area contributed by atoms with Gasteiger partial charge in [0.25, 0.3) is 0 Å². The number of para-hydroxylation sites is 1. The highest BCUT2D eigenvalue weighted by atomic mass is 19.1. The fourth-order valence-corrected chi connectivity index (χ4v) is 2.77. The van der Waals surface area contributed by atoms with Crippen LogP contribution in [0.25, 0.3) is 11.0 Å². The number of methoxy groups -OCH3 is 1. The minimum Gasteiger partial charge on any atom is -0.469 e. The maximum atomic E-state index is 13.1. The SMILES string of the molecule is COC(=O)CCCc1c(C(=O)c2ccc(F)cc2)oc2ccccc12. The van der Waals surface area contributed by atoms with Crippen molar-refractivity contribution >= 4 is 22.7 Å². The standard InChI is InChI=1S/C20H17FO4/c1-24-18(22)8-4-6-16-15-5-2-3-7-17(15)25-20(16)19(23)13-9-11-14(21)12-10-13/h2-3,5,7,9-12H,4,6,8H2,1H3. The van der Waals surface area contributed by atoms with Crippen LogP contribution in [0, 0.1) is 5.82 Å². The third-order valence-electron chi connectivity index (χ3n) is 4.05. The van der Waals surface area contributed by atoms with Crippen molar-refractivity contribution in [3.05, 3.63) is 71.2 Å². The Labute approximate surface area is 144 Å². The zero-order valence-electron chi connectivity index (χ0n) is 13.8. The van der Waals surface area contributed by atoms with Crippen LogP contribution in [0.5, 0.6) is 0 Å². The van der Waals surface area contributed by atoms with Crippen molar-refractivity contribution in [3.63, 3.8) is 0 Å². The number of aryl methyl sites for hydroxylation is 1. The fourth-order valence-electron chi connectivity index (χ4n) is 2.77. The molecule has 5 heteroatoms. The van der Waals surface area contributed by atoms with Crippen LogP contribution in [0.2, 0.25) is 0 Å². The van der Waals surface area contributed by atoms with Crippen LogP contribution in [0.4, 0.5) is 4.39 Å². The highest BCUT2D eigenvalue weighted by molar-refractivity contribution is 6.10. The van der Waals surface area contributed by atoms with Crippen LogP contribution in [-0.2, 0) is 16.0 Å². The third-order valence-corrected chi connectivity index (χ3v) is 4.05. The molecule has 0 radical (unpaired) electrons. The quantitative estimate of drug-likeness (QED) is 0.496. The zero-order chi connectivity index (χ0) is 17.8. The Hall–Kier alpha value is -2.95. The van der Waals surface area contributed by atoms with Gasteiger partial charge >= 0.3 is 5.97 Å². The van der Waals surface area contributed by atoms with Crippen LogP contribution >= 0.6 is 0 Å². The number of carbonyl (C=O) groups excluding carboxylic acids is 2. The molecule has 0 spiro atoms. The van der Waals surface area contributed by atoms with E-state index in [1.54, 1.807) is 6.07 Å². The zero-order valence-corrected chi connectivity index (χ0v) is 13.8. The third kappa shape index (κ3) is 3.60. The maximum Gasteiger partial charge on any atom is 0.305 e. The van der Waals surface area contributed by atoms with Gasteiger partial charge in [-0.25, -0.2) is 4.39 Å². The van der Waals surface area contributed by atoms with Gasteiger partial charge in [0, 0.05) is 22.9 Å². The van der Waals surface area contributed by atoms with E-state index >= 15 is 0 Å². The molecule has 3 rings (SSSR count). The summed E-state index contributed by atoms with van der Waals surface area (Å²) in [5.74, 6) is -0.763. The molecule has 0 fully saturated rings. The van der Waals surface area contributed by atoms with Crippen molar-refractivity contribution < 1.29 is 23.1 Å². The molecule has 4 nitrogen and oxygen atoms in total. The second-order valence-corrected chi connectivity index (χ2v) is 5.67. The van der Waals surface area contributed by atoms with E-state index < -0.39 is 5.82 Å². The van der Waals surface area contributed by atoms with E-state index in [2.05, 4.69) is 4.74 Å². The summed E-state index contributed by atoms with van der Waals surface area (Å²) in [6.45, 7) is 0. The van der Waals surface area contributed by atoms with Crippen LogP contribution in [0.1, 0.15) is 34.5 Å². The summed E-state index contributed by atoms with van der Waals surface area (Å²) in [5, 5.41) is 0.845. The Kier molecular flexibility index (Phi) is 4.93. The molecule has 0 aliphatic rings. The number of hydrogen-bond acceptors (Lipinski definition) is 4. The number of benzene rings is 2. The molecule has 0 bridgehead atoms. The van der Waals surface area contributed by atoms with Gasteiger partial charge in [0.15, 0.2) is 5.76 Å². The molecular formula is C20H17FO4. The van der Waals surface area contributed by atoms with Gasteiger partial charge in [-0.2, -0.15) is 0 Å². The van der Waals surface area contributed by atoms with Crippen molar-refractivity contribution in [2.45, 2.75) is 19.3 Å². The first kappa shape index (κ1) is 16.9. The number of furan rings is 1. The summed E-state index contributed by atoms with van der Waals surface area (Å²) in [4.78, 5) is 24.1. The van der Waals surface area contributed by atoms with Gasteiger partial charge in [-0.05, 0) is 43.2 Å². The summed E-state index contributed by atoms with van der Waals surface area (Å²) in [5.41, 5.74) is 1.73. The summed E-state index contributed by atoms with van der Waals surface area (Å²) in [6, 6.07) is 12.7. The van der Waals surface area contributed by atoms with Gasteiger partial charge in [-0.3, -0.25) is 9.59 Å². The topological polar surface area (TPSA) is 56.5 Å². The number of hydrogen-bond donors (Lipinski definition) is 0. The van der Waals surface area contributed by atoms with Crippen molar-refractivity contribution in [1.29, 1.82) is 0 Å². The van der Waals surface area contributed by atoms with Gasteiger partial charge in [-0.15, -0.1) is 0 Å². The second kappa shape index (κ2) is 7.30. The summed E-state index contributed by atoms with van der Waals surface area (Å²) in [7, 11) is 1.35. The summed E-state index contributed by atoms with van der Waals surface area (Å²) in [6.07, 6.45) is 1.31. The van der Waals surface area contributed by atoms with Crippen molar-refractivity contribution in [3.8, 4) is 0 Å². The van der Waals surface area contributed by atoms with E-state index in [1.807, 2.05) is 18.2 Å². The van der Waals surface area contributed by atoms with Crippen LogP contribution in [0.15, 0.2) is 52.9 Å². The van der Waals surface area contributed by atoms with Crippen LogP contribution in [-0.4, -0.2) is 18.9 Å². The Morgan fingerprint density at radius 3 is 2.52 bits per heavy atom. The lowest BCUT2D eigenvalue weighted by Crippen LogP contribution is -2.05. The van der Waals surface area contributed by atoms with Gasteiger partial charge in [0.05, 0.1) is 7.11 Å². The Morgan fingerprint density at radius 1 is 1.08 bits per heavy atom. The largest absolute Gasteiger partial charge is 0.469 e. The van der Waals surface area contributed by atoms with E-state index in [1.165, 1.54) is 31.4 Å². The van der Waals surface area contributed by atoms with Crippen LogP contribution < -0.4 is 0 Å². The predicted octanol–water partition coefficient (Wildman–Crippen LogP) is 4.30. The van der Waals surface area contributed by atoms with E-state index in [0.717, 1.165) is 10.9 Å². The first-order valence-electron chi connectivity index (χ1n) is 7.97. The summed E-state index contributed by atoms with van der Waals surface area (Å²) < 4.78 is 23.5. The second-order valence-electron chi connectivity index (χ2n) is 5.67.